The van der Waals surface area contributed by atoms with Gasteiger partial charge in [-0.25, -0.2) is 0 Å². The van der Waals surface area contributed by atoms with Crippen molar-refractivity contribution in [1.29, 1.82) is 0 Å². The fourth-order valence-electron chi connectivity index (χ4n) is 2.27. The van der Waals surface area contributed by atoms with Crippen LogP contribution in [0.25, 0.3) is 0 Å². The lowest BCUT2D eigenvalue weighted by Crippen LogP contribution is -2.18. The zero-order chi connectivity index (χ0) is 20.5. The number of nitrogens with zero attached hydrogens (tertiary/aromatic N) is 1. The molecule has 0 unspecified atom stereocenters. The third-order valence-corrected chi connectivity index (χ3v) is 4.66. The Kier molecular flexibility index (Phi) is 5.95. The highest BCUT2D eigenvalue weighted by molar-refractivity contribution is 8.13. The fraction of sp³-hybridized carbons (Fsp3) is 0.278. The molecule has 0 amide bonds. The van der Waals surface area contributed by atoms with Crippen molar-refractivity contribution in [2.75, 3.05) is 5.94 Å². The molecule has 10 heteroatoms. The van der Waals surface area contributed by atoms with E-state index >= 15 is 0 Å². The summed E-state index contributed by atoms with van der Waals surface area (Å²) in [6, 6.07) is 5.38. The Balaban J connectivity index is 1.75. The van der Waals surface area contributed by atoms with Crippen LogP contribution in [-0.2, 0) is 4.84 Å². The monoisotopic (exact) mass is 435 g/mol. The molecule has 1 aliphatic heterocycles. The summed E-state index contributed by atoms with van der Waals surface area (Å²) in [5.41, 5.74) is -0.488. The highest BCUT2D eigenvalue weighted by atomic mass is 35.5. The van der Waals surface area contributed by atoms with Crippen LogP contribution >= 0.6 is 23.4 Å². The molecule has 0 radical (unpaired) electrons. The highest BCUT2D eigenvalue weighted by Gasteiger charge is 2.31. The second-order valence-electron chi connectivity index (χ2n) is 6.39. The van der Waals surface area contributed by atoms with Gasteiger partial charge in [0.05, 0.1) is 0 Å². The first-order valence-corrected chi connectivity index (χ1v) is 9.34. The molecule has 0 aliphatic carbocycles. The lowest BCUT2D eigenvalue weighted by Gasteiger charge is -2.14. The van der Waals surface area contributed by atoms with Crippen molar-refractivity contribution in [3.63, 3.8) is 0 Å². The largest absolute Gasteiger partial charge is 0.476 e. The van der Waals surface area contributed by atoms with Gasteiger partial charge >= 0.3 is 0 Å². The van der Waals surface area contributed by atoms with E-state index in [1.54, 1.807) is 0 Å². The van der Waals surface area contributed by atoms with E-state index in [1.165, 1.54) is 24.3 Å². The molecular weight excluding hydrogens is 422 g/mol. The summed E-state index contributed by atoms with van der Waals surface area (Å²) in [7, 11) is 0. The predicted octanol–water partition coefficient (Wildman–Crippen LogP) is 6.27. The van der Waals surface area contributed by atoms with E-state index in [-0.39, 0.29) is 11.7 Å². The molecule has 0 atom stereocenters. The molecule has 0 fully saturated rings. The van der Waals surface area contributed by atoms with Crippen LogP contribution in [0.4, 0.5) is 17.6 Å². The molecule has 1 aliphatic rings. The van der Waals surface area contributed by atoms with Crippen molar-refractivity contribution < 1.29 is 31.9 Å². The third kappa shape index (κ3) is 4.47. The molecule has 4 nitrogen and oxygen atoms in total. The molecule has 0 spiro atoms. The highest BCUT2D eigenvalue weighted by Crippen LogP contribution is 2.37. The maximum Gasteiger partial charge on any atom is 0.208 e. The molecule has 0 aromatic heterocycles. The molecule has 0 N–H and O–H groups in total. The summed E-state index contributed by atoms with van der Waals surface area (Å²) in [6.45, 7) is 3.63. The molecule has 150 valence electrons. The first kappa shape index (κ1) is 20.6. The lowest BCUT2D eigenvalue weighted by molar-refractivity contribution is 0.0123. The van der Waals surface area contributed by atoms with E-state index in [2.05, 4.69) is 5.16 Å². The van der Waals surface area contributed by atoms with Gasteiger partial charge in [-0.05, 0) is 38.1 Å². The van der Waals surface area contributed by atoms with Gasteiger partial charge in [-0.3, -0.25) is 0 Å². The van der Waals surface area contributed by atoms with Gasteiger partial charge in [0, 0.05) is 11.4 Å². The first-order valence-electron chi connectivity index (χ1n) is 7.98. The van der Waals surface area contributed by atoms with Crippen LogP contribution in [0.3, 0.4) is 0 Å². The second kappa shape index (κ2) is 8.08. The Morgan fingerprint density at radius 2 is 1.61 bits per heavy atom. The molecule has 0 saturated heterocycles. The average molecular weight is 436 g/mol. The van der Waals surface area contributed by atoms with Gasteiger partial charge in [0.15, 0.2) is 5.75 Å². The van der Waals surface area contributed by atoms with Gasteiger partial charge in [0.25, 0.3) is 0 Å². The SMILES string of the molecule is CC1(C)CC(SCOc2c(F)c(F)c(Oc3ccc(Cl)cc3)c(F)c2F)=NO1. The summed E-state index contributed by atoms with van der Waals surface area (Å²) in [5, 5.41) is 4.69. The molecule has 3 rings (SSSR count). The zero-order valence-corrected chi connectivity index (χ0v) is 16.3. The van der Waals surface area contributed by atoms with Gasteiger partial charge < -0.3 is 14.3 Å². The molecule has 2 aromatic rings. The Morgan fingerprint density at radius 1 is 1.04 bits per heavy atom. The molecule has 28 heavy (non-hydrogen) atoms. The first-order chi connectivity index (χ1) is 13.2. The van der Waals surface area contributed by atoms with Crippen LogP contribution in [0.15, 0.2) is 29.4 Å². The standard InChI is InChI=1S/C18H14ClF4NO3S/c1-18(2)7-11(24-27-18)28-8-25-16-12(20)14(22)17(15(23)13(16)21)26-10-5-3-9(19)4-6-10/h3-6H,7-8H2,1-2H3. The number of oxime groups is 1. The van der Waals surface area contributed by atoms with E-state index in [0.717, 1.165) is 11.8 Å². The van der Waals surface area contributed by atoms with Crippen LogP contribution in [0, 0.1) is 23.3 Å². The lowest BCUT2D eigenvalue weighted by atomic mass is 10.1. The van der Waals surface area contributed by atoms with E-state index < -0.39 is 40.4 Å². The number of rotatable bonds is 5. The smallest absolute Gasteiger partial charge is 0.208 e. The number of ether oxygens (including phenoxy) is 2. The minimum Gasteiger partial charge on any atom is -0.476 e. The van der Waals surface area contributed by atoms with Crippen molar-refractivity contribution in [2.24, 2.45) is 5.16 Å². The molecule has 0 saturated carbocycles. The maximum atomic E-state index is 14.2. The van der Waals surface area contributed by atoms with Gasteiger partial charge in [-0.15, -0.1) is 0 Å². The van der Waals surface area contributed by atoms with Crippen LogP contribution in [-0.4, -0.2) is 16.6 Å². The van der Waals surface area contributed by atoms with E-state index in [9.17, 15) is 17.6 Å². The van der Waals surface area contributed by atoms with Gasteiger partial charge in [0.1, 0.15) is 22.3 Å². The Hall–Kier alpha value is -2.13. The summed E-state index contributed by atoms with van der Waals surface area (Å²) < 4.78 is 66.8. The maximum absolute atomic E-state index is 14.2. The predicted molar refractivity (Wildman–Crippen MR) is 98.1 cm³/mol. The third-order valence-electron chi connectivity index (χ3n) is 3.62. The van der Waals surface area contributed by atoms with Crippen molar-refractivity contribution in [2.45, 2.75) is 25.9 Å². The number of benzene rings is 2. The van der Waals surface area contributed by atoms with Crippen molar-refractivity contribution in [3.8, 4) is 17.2 Å². The van der Waals surface area contributed by atoms with Gasteiger partial charge in [0.2, 0.25) is 29.0 Å². The molecule has 0 bridgehead atoms. The summed E-state index contributed by atoms with van der Waals surface area (Å²) >= 11 is 6.70. The van der Waals surface area contributed by atoms with Crippen molar-refractivity contribution >= 4 is 28.4 Å². The summed E-state index contributed by atoms with van der Waals surface area (Å²) in [5.74, 6) is -9.58. The zero-order valence-electron chi connectivity index (χ0n) is 14.7. The van der Waals surface area contributed by atoms with Crippen LogP contribution < -0.4 is 9.47 Å². The van der Waals surface area contributed by atoms with Crippen LogP contribution in [0.1, 0.15) is 20.3 Å². The quantitative estimate of drug-likeness (QED) is 0.315. The number of halogens is 5. The molecule has 2 aromatic carbocycles. The molecule has 1 heterocycles. The minimum atomic E-state index is -1.71. The van der Waals surface area contributed by atoms with Crippen LogP contribution in [0.5, 0.6) is 17.2 Å². The normalized spacial score (nSPS) is 15.2. The average Bonchev–Trinajstić information content (AvgIpc) is 3.00. The number of thioether (sulfide) groups is 1. The topological polar surface area (TPSA) is 40.0 Å². The van der Waals surface area contributed by atoms with E-state index in [0.29, 0.717) is 16.5 Å². The summed E-state index contributed by atoms with van der Waals surface area (Å²) in [6.07, 6.45) is 0.475. The van der Waals surface area contributed by atoms with Crippen molar-refractivity contribution in [1.82, 2.24) is 0 Å². The Labute approximate surface area is 167 Å². The van der Waals surface area contributed by atoms with E-state index in [4.69, 9.17) is 25.9 Å². The fourth-order valence-corrected chi connectivity index (χ4v) is 3.24. The van der Waals surface area contributed by atoms with Crippen molar-refractivity contribution in [3.05, 3.63) is 52.6 Å². The van der Waals surface area contributed by atoms with Gasteiger partial charge in [-0.1, -0.05) is 28.5 Å². The second-order valence-corrected chi connectivity index (χ2v) is 7.82. The van der Waals surface area contributed by atoms with Crippen LogP contribution in [0.2, 0.25) is 5.02 Å². The Bertz CT molecular complexity index is 893. The summed E-state index contributed by atoms with van der Waals surface area (Å²) in [4.78, 5) is 5.14. The number of hydrogen-bond acceptors (Lipinski definition) is 5. The Morgan fingerprint density at radius 3 is 2.14 bits per heavy atom. The molecular formula is C18H14ClF4NO3S. The van der Waals surface area contributed by atoms with Gasteiger partial charge in [-0.2, -0.15) is 17.6 Å². The minimum absolute atomic E-state index is 0.0490. The van der Waals surface area contributed by atoms with E-state index in [1.807, 2.05) is 13.8 Å². The number of hydrogen-bond donors (Lipinski definition) is 0.